The lowest BCUT2D eigenvalue weighted by atomic mass is 10.0. The number of aromatic amines is 2. The number of hydrogen-bond donors (Lipinski definition) is 2. The van der Waals surface area contributed by atoms with Gasteiger partial charge in [0.15, 0.2) is 0 Å². The molecule has 4 aromatic heterocycles. The van der Waals surface area contributed by atoms with E-state index in [4.69, 9.17) is 0 Å². The molecule has 0 fully saturated rings. The summed E-state index contributed by atoms with van der Waals surface area (Å²) in [7, 11) is 0. The summed E-state index contributed by atoms with van der Waals surface area (Å²) in [5, 5.41) is 10.0. The van der Waals surface area contributed by atoms with Crippen LogP contribution in [-0.4, -0.2) is 25.1 Å². The highest BCUT2D eigenvalue weighted by atomic mass is 15.1. The Hall–Kier alpha value is -4.25. The minimum absolute atomic E-state index is 0.915. The number of nitrogens with one attached hydrogen (secondary N) is 2. The summed E-state index contributed by atoms with van der Waals surface area (Å²) in [6.45, 7) is 0. The molecule has 0 saturated heterocycles. The molecular weight excluding hydrogens is 370 g/mol. The fourth-order valence-electron chi connectivity index (χ4n) is 4.01. The van der Waals surface area contributed by atoms with E-state index in [0.29, 0.717) is 0 Å². The lowest BCUT2D eigenvalue weighted by Crippen LogP contribution is -1.80. The van der Waals surface area contributed by atoms with Crippen molar-refractivity contribution in [2.24, 2.45) is 0 Å². The zero-order valence-electron chi connectivity index (χ0n) is 16.0. The first-order chi connectivity index (χ1) is 14.9. The SMILES string of the molecule is c1cc(-c2ccncc2)c2cc(-c3n[nH]c4ccc(-c5ccncc5)cc34)[nH]c2c1. The topological polar surface area (TPSA) is 70.2 Å². The number of H-pyrrole nitrogens is 2. The summed E-state index contributed by atoms with van der Waals surface area (Å²) in [4.78, 5) is 11.8. The molecule has 0 spiro atoms. The van der Waals surface area contributed by atoms with Crippen LogP contribution in [0.3, 0.4) is 0 Å². The van der Waals surface area contributed by atoms with Gasteiger partial charge in [-0.05, 0) is 70.8 Å². The monoisotopic (exact) mass is 387 g/mol. The van der Waals surface area contributed by atoms with E-state index in [9.17, 15) is 0 Å². The molecule has 0 saturated carbocycles. The molecule has 0 bridgehead atoms. The van der Waals surface area contributed by atoms with Crippen LogP contribution in [0.2, 0.25) is 0 Å². The molecule has 0 aliphatic carbocycles. The van der Waals surface area contributed by atoms with Crippen molar-refractivity contribution in [3.8, 4) is 33.6 Å². The van der Waals surface area contributed by atoms with Crippen molar-refractivity contribution >= 4 is 21.8 Å². The Morgan fingerprint density at radius 3 is 2.17 bits per heavy atom. The third-order valence-electron chi connectivity index (χ3n) is 5.49. The largest absolute Gasteiger partial charge is 0.353 e. The van der Waals surface area contributed by atoms with E-state index in [1.54, 1.807) is 0 Å². The molecule has 0 unspecified atom stereocenters. The normalized spacial score (nSPS) is 11.3. The molecule has 30 heavy (non-hydrogen) atoms. The van der Waals surface area contributed by atoms with Gasteiger partial charge in [0, 0.05) is 41.1 Å². The third kappa shape index (κ3) is 2.68. The molecule has 0 amide bonds. The Balaban J connectivity index is 1.52. The van der Waals surface area contributed by atoms with Gasteiger partial charge in [-0.3, -0.25) is 15.1 Å². The van der Waals surface area contributed by atoms with Gasteiger partial charge < -0.3 is 4.98 Å². The molecular formula is C25H17N5. The summed E-state index contributed by atoms with van der Waals surface area (Å²) in [5.74, 6) is 0. The number of fused-ring (bicyclic) bond motifs is 2. The van der Waals surface area contributed by atoms with E-state index in [2.05, 4.69) is 67.6 Å². The summed E-state index contributed by atoms with van der Waals surface area (Å²) < 4.78 is 0. The molecule has 0 radical (unpaired) electrons. The number of pyridine rings is 2. The van der Waals surface area contributed by atoms with E-state index in [1.807, 2.05) is 49.1 Å². The van der Waals surface area contributed by atoms with Crippen molar-refractivity contribution in [2.45, 2.75) is 0 Å². The Labute approximate surface area is 172 Å². The van der Waals surface area contributed by atoms with Gasteiger partial charge in [0.05, 0.1) is 11.2 Å². The van der Waals surface area contributed by atoms with Crippen molar-refractivity contribution in [2.75, 3.05) is 0 Å². The zero-order chi connectivity index (χ0) is 19.9. The fourth-order valence-corrected chi connectivity index (χ4v) is 4.01. The van der Waals surface area contributed by atoms with Gasteiger partial charge in [0.2, 0.25) is 0 Å². The summed E-state index contributed by atoms with van der Waals surface area (Å²) in [5.41, 5.74) is 8.60. The second-order valence-electron chi connectivity index (χ2n) is 7.25. The van der Waals surface area contributed by atoms with Crippen molar-refractivity contribution in [3.63, 3.8) is 0 Å². The number of rotatable bonds is 3. The molecule has 6 aromatic rings. The number of benzene rings is 2. The molecule has 6 rings (SSSR count). The lowest BCUT2D eigenvalue weighted by molar-refractivity contribution is 1.12. The summed E-state index contributed by atoms with van der Waals surface area (Å²) >= 11 is 0. The van der Waals surface area contributed by atoms with Crippen LogP contribution in [0.4, 0.5) is 0 Å². The van der Waals surface area contributed by atoms with E-state index in [1.165, 1.54) is 10.9 Å². The minimum atomic E-state index is 0.915. The third-order valence-corrected chi connectivity index (χ3v) is 5.49. The van der Waals surface area contributed by atoms with Crippen LogP contribution in [0.15, 0.2) is 91.5 Å². The molecule has 0 aliphatic heterocycles. The smallest absolute Gasteiger partial charge is 0.116 e. The molecule has 0 atom stereocenters. The average Bonchev–Trinajstić information content (AvgIpc) is 3.43. The van der Waals surface area contributed by atoms with Crippen LogP contribution in [0.1, 0.15) is 0 Å². The van der Waals surface area contributed by atoms with Crippen molar-refractivity contribution in [3.05, 3.63) is 91.5 Å². The van der Waals surface area contributed by atoms with Gasteiger partial charge in [0.1, 0.15) is 5.69 Å². The van der Waals surface area contributed by atoms with Gasteiger partial charge >= 0.3 is 0 Å². The molecule has 142 valence electrons. The first kappa shape index (κ1) is 16.7. The number of nitrogens with zero attached hydrogens (tertiary/aromatic N) is 3. The molecule has 2 aromatic carbocycles. The highest BCUT2D eigenvalue weighted by Gasteiger charge is 2.14. The van der Waals surface area contributed by atoms with Gasteiger partial charge in [-0.2, -0.15) is 5.10 Å². The standard InChI is InChI=1S/C25H17N5/c1-2-19(17-8-12-27-13-9-17)20-15-24(28-22(20)3-1)25-21-14-18(4-5-23(21)29-30-25)16-6-10-26-11-7-16/h1-15,28H,(H,29,30). The van der Waals surface area contributed by atoms with Crippen LogP contribution in [0, 0.1) is 0 Å². The molecule has 5 heteroatoms. The van der Waals surface area contributed by atoms with Crippen LogP contribution in [0.25, 0.3) is 55.4 Å². The second kappa shape index (κ2) is 6.67. The number of aromatic nitrogens is 5. The number of hydrogen-bond acceptors (Lipinski definition) is 3. The second-order valence-corrected chi connectivity index (χ2v) is 7.25. The maximum atomic E-state index is 4.62. The quantitative estimate of drug-likeness (QED) is 0.401. The Morgan fingerprint density at radius 2 is 1.37 bits per heavy atom. The highest BCUT2D eigenvalue weighted by molar-refractivity contribution is 6.01. The van der Waals surface area contributed by atoms with E-state index >= 15 is 0 Å². The van der Waals surface area contributed by atoms with E-state index in [-0.39, 0.29) is 0 Å². The van der Waals surface area contributed by atoms with Crippen molar-refractivity contribution in [1.82, 2.24) is 25.1 Å². The first-order valence-corrected chi connectivity index (χ1v) is 9.78. The van der Waals surface area contributed by atoms with Crippen molar-refractivity contribution < 1.29 is 0 Å². The minimum Gasteiger partial charge on any atom is -0.353 e. The average molecular weight is 387 g/mol. The predicted molar refractivity (Wildman–Crippen MR) is 120 cm³/mol. The molecule has 4 heterocycles. The Bertz CT molecular complexity index is 1480. The maximum absolute atomic E-state index is 4.62. The van der Waals surface area contributed by atoms with Crippen molar-refractivity contribution in [1.29, 1.82) is 0 Å². The van der Waals surface area contributed by atoms with E-state index in [0.717, 1.165) is 44.5 Å². The Morgan fingerprint density at radius 1 is 0.600 bits per heavy atom. The lowest BCUT2D eigenvalue weighted by Gasteiger charge is -2.02. The first-order valence-electron chi connectivity index (χ1n) is 9.78. The molecule has 2 N–H and O–H groups in total. The van der Waals surface area contributed by atoms with Gasteiger partial charge in [-0.25, -0.2) is 0 Å². The fraction of sp³-hybridized carbons (Fsp3) is 0. The summed E-state index contributed by atoms with van der Waals surface area (Å²) in [6.07, 6.45) is 7.27. The zero-order valence-corrected chi connectivity index (χ0v) is 16.0. The maximum Gasteiger partial charge on any atom is 0.116 e. The van der Waals surface area contributed by atoms with Crippen LogP contribution >= 0.6 is 0 Å². The van der Waals surface area contributed by atoms with Gasteiger partial charge in [-0.15, -0.1) is 0 Å². The predicted octanol–water partition coefficient (Wildman–Crippen LogP) is 5.84. The molecule has 0 aliphatic rings. The van der Waals surface area contributed by atoms with Crippen LogP contribution in [-0.2, 0) is 0 Å². The summed E-state index contributed by atoms with van der Waals surface area (Å²) in [6, 6.07) is 23.0. The van der Waals surface area contributed by atoms with Crippen LogP contribution < -0.4 is 0 Å². The molecule has 5 nitrogen and oxygen atoms in total. The van der Waals surface area contributed by atoms with Gasteiger partial charge in [0.25, 0.3) is 0 Å². The van der Waals surface area contributed by atoms with E-state index < -0.39 is 0 Å². The van der Waals surface area contributed by atoms with Gasteiger partial charge in [-0.1, -0.05) is 18.2 Å². The van der Waals surface area contributed by atoms with Crippen LogP contribution in [0.5, 0.6) is 0 Å². The Kier molecular flexibility index (Phi) is 3.71. The highest BCUT2D eigenvalue weighted by Crippen LogP contribution is 2.35.